The van der Waals surface area contributed by atoms with Crippen LogP contribution in [0.4, 0.5) is 4.79 Å². The first-order chi connectivity index (χ1) is 18.9. The summed E-state index contributed by atoms with van der Waals surface area (Å²) >= 11 is 0. The predicted octanol–water partition coefficient (Wildman–Crippen LogP) is 3.69. The number of benzene rings is 2. The van der Waals surface area contributed by atoms with Crippen molar-refractivity contribution in [2.24, 2.45) is 0 Å². The summed E-state index contributed by atoms with van der Waals surface area (Å²) in [7, 11) is 0. The van der Waals surface area contributed by atoms with E-state index in [0.29, 0.717) is 32.4 Å². The van der Waals surface area contributed by atoms with Crippen molar-refractivity contribution in [2.45, 2.75) is 76.1 Å². The third-order valence-corrected chi connectivity index (χ3v) is 6.81. The third kappa shape index (κ3) is 8.88. The number of ether oxygens (including phenoxy) is 4. The lowest BCUT2D eigenvalue weighted by atomic mass is 9.92. The van der Waals surface area contributed by atoms with Gasteiger partial charge >= 0.3 is 12.0 Å². The van der Waals surface area contributed by atoms with Gasteiger partial charge in [0.15, 0.2) is 5.79 Å². The van der Waals surface area contributed by atoms with Crippen LogP contribution in [0.3, 0.4) is 0 Å². The number of urea groups is 1. The van der Waals surface area contributed by atoms with Crippen LogP contribution >= 0.6 is 0 Å². The molecule has 0 aliphatic carbocycles. The van der Waals surface area contributed by atoms with E-state index in [1.165, 1.54) is 0 Å². The molecule has 2 heterocycles. The van der Waals surface area contributed by atoms with Crippen LogP contribution in [0.5, 0.6) is 0 Å². The fourth-order valence-corrected chi connectivity index (χ4v) is 5.03. The molecule has 2 aliphatic rings. The van der Waals surface area contributed by atoms with E-state index in [2.05, 4.69) is 10.6 Å². The lowest BCUT2D eigenvalue weighted by Crippen LogP contribution is -2.53. The van der Waals surface area contributed by atoms with Crippen LogP contribution in [0.2, 0.25) is 0 Å². The van der Waals surface area contributed by atoms with Crippen molar-refractivity contribution in [1.29, 1.82) is 0 Å². The highest BCUT2D eigenvalue weighted by atomic mass is 16.7. The summed E-state index contributed by atoms with van der Waals surface area (Å²) < 4.78 is 24.0. The second-order valence-corrected chi connectivity index (χ2v) is 10.1. The topological polar surface area (TPSA) is 112 Å². The summed E-state index contributed by atoms with van der Waals surface area (Å²) in [5.74, 6) is -1.50. The summed E-state index contributed by atoms with van der Waals surface area (Å²) in [5, 5.41) is 5.36. The predicted molar refractivity (Wildman–Crippen MR) is 144 cm³/mol. The molecule has 0 unspecified atom stereocenters. The molecule has 39 heavy (non-hydrogen) atoms. The monoisotopic (exact) mass is 538 g/mol. The first kappa shape index (κ1) is 28.7. The Balaban J connectivity index is 1.31. The molecule has 2 aromatic carbocycles. The number of hydrogen-bond donors (Lipinski definition) is 2. The molecule has 2 amide bonds. The molecule has 9 heteroatoms. The number of Topliss-reactive ketones (excluding diaryl/α,β-unsaturated/α-hetero) is 1. The van der Waals surface area contributed by atoms with Crippen LogP contribution in [-0.4, -0.2) is 61.6 Å². The van der Waals surface area contributed by atoms with Crippen LogP contribution in [0, 0.1) is 0 Å². The Kier molecular flexibility index (Phi) is 10.5. The zero-order valence-electron chi connectivity index (χ0n) is 22.4. The highest BCUT2D eigenvalue weighted by Gasteiger charge is 2.46. The molecule has 9 nitrogen and oxygen atoms in total. The molecule has 2 N–H and O–H groups in total. The SMILES string of the molecule is CCNC(=O)N[C@@H](Cc1ccccc1)C(=O)OC[C@H]1CCC[C@@]2(CC(=O)C[C@H](COCc3ccccc3)O2)O1. The molecule has 2 saturated heterocycles. The number of amides is 2. The van der Waals surface area contributed by atoms with E-state index in [-0.39, 0.29) is 31.8 Å². The molecule has 4 atom stereocenters. The maximum atomic E-state index is 13.0. The summed E-state index contributed by atoms with van der Waals surface area (Å²) in [4.78, 5) is 37.8. The largest absolute Gasteiger partial charge is 0.461 e. The highest BCUT2D eigenvalue weighted by Crippen LogP contribution is 2.38. The maximum Gasteiger partial charge on any atom is 0.329 e. The lowest BCUT2D eigenvalue weighted by molar-refractivity contribution is -0.313. The zero-order valence-corrected chi connectivity index (χ0v) is 22.4. The minimum atomic E-state index is -1.03. The van der Waals surface area contributed by atoms with E-state index >= 15 is 0 Å². The van der Waals surface area contributed by atoms with Gasteiger partial charge < -0.3 is 29.6 Å². The minimum absolute atomic E-state index is 0.00960. The van der Waals surface area contributed by atoms with Gasteiger partial charge in [-0.15, -0.1) is 0 Å². The second-order valence-electron chi connectivity index (χ2n) is 10.1. The summed E-state index contributed by atoms with van der Waals surface area (Å²) in [5.41, 5.74) is 1.95. The number of carbonyl (C=O) groups excluding carboxylic acids is 3. The maximum absolute atomic E-state index is 13.0. The number of hydrogen-bond acceptors (Lipinski definition) is 7. The van der Waals surface area contributed by atoms with Crippen LogP contribution < -0.4 is 10.6 Å². The summed E-state index contributed by atoms with van der Waals surface area (Å²) in [6, 6.07) is 18.0. The Hall–Kier alpha value is -3.27. The smallest absolute Gasteiger partial charge is 0.329 e. The molecular formula is C30H38N2O7. The molecule has 1 spiro atoms. The van der Waals surface area contributed by atoms with E-state index < -0.39 is 36.0 Å². The van der Waals surface area contributed by atoms with Crippen molar-refractivity contribution in [1.82, 2.24) is 10.6 Å². The Bertz CT molecular complexity index is 1080. The van der Waals surface area contributed by atoms with Gasteiger partial charge in [-0.3, -0.25) is 4.79 Å². The fourth-order valence-electron chi connectivity index (χ4n) is 5.03. The van der Waals surface area contributed by atoms with Gasteiger partial charge in [0.25, 0.3) is 0 Å². The average Bonchev–Trinajstić information content (AvgIpc) is 2.92. The van der Waals surface area contributed by atoms with Gasteiger partial charge in [-0.1, -0.05) is 60.7 Å². The molecule has 0 aromatic heterocycles. The quantitative estimate of drug-likeness (QED) is 0.420. The second kappa shape index (κ2) is 14.2. The molecule has 2 aromatic rings. The van der Waals surface area contributed by atoms with Crippen molar-refractivity contribution >= 4 is 17.8 Å². The lowest BCUT2D eigenvalue weighted by Gasteiger charge is -2.45. The Morgan fingerprint density at radius 2 is 1.69 bits per heavy atom. The zero-order chi connectivity index (χ0) is 27.5. The number of ketones is 1. The van der Waals surface area contributed by atoms with Crippen molar-refractivity contribution in [3.63, 3.8) is 0 Å². The van der Waals surface area contributed by atoms with Gasteiger partial charge in [0, 0.05) is 25.8 Å². The average molecular weight is 539 g/mol. The van der Waals surface area contributed by atoms with Gasteiger partial charge in [-0.2, -0.15) is 0 Å². The van der Waals surface area contributed by atoms with Crippen LogP contribution in [0.15, 0.2) is 60.7 Å². The highest BCUT2D eigenvalue weighted by molar-refractivity contribution is 5.84. The van der Waals surface area contributed by atoms with Crippen LogP contribution in [0.1, 0.15) is 50.2 Å². The van der Waals surface area contributed by atoms with Crippen molar-refractivity contribution in [2.75, 3.05) is 19.8 Å². The normalized spacial score (nSPS) is 23.7. The number of rotatable bonds is 11. The van der Waals surface area contributed by atoms with Crippen molar-refractivity contribution in [3.8, 4) is 0 Å². The first-order valence-electron chi connectivity index (χ1n) is 13.7. The third-order valence-electron chi connectivity index (χ3n) is 6.81. The van der Waals surface area contributed by atoms with Gasteiger partial charge in [0.1, 0.15) is 18.4 Å². The first-order valence-corrected chi connectivity index (χ1v) is 13.7. The van der Waals surface area contributed by atoms with Crippen molar-refractivity contribution in [3.05, 3.63) is 71.8 Å². The van der Waals surface area contributed by atoms with Crippen LogP contribution in [-0.2, 0) is 41.6 Å². The van der Waals surface area contributed by atoms with Gasteiger partial charge in [0.05, 0.1) is 31.8 Å². The van der Waals surface area contributed by atoms with E-state index in [0.717, 1.165) is 17.5 Å². The van der Waals surface area contributed by atoms with E-state index in [4.69, 9.17) is 18.9 Å². The number of esters is 1. The summed E-state index contributed by atoms with van der Waals surface area (Å²) in [6.07, 6.45) is 1.98. The van der Waals surface area contributed by atoms with Gasteiger partial charge in [-0.25, -0.2) is 9.59 Å². The fraction of sp³-hybridized carbons (Fsp3) is 0.500. The van der Waals surface area contributed by atoms with E-state index in [1.807, 2.05) is 60.7 Å². The van der Waals surface area contributed by atoms with E-state index in [1.54, 1.807) is 6.92 Å². The molecule has 2 aliphatic heterocycles. The minimum Gasteiger partial charge on any atom is -0.461 e. The molecule has 0 bridgehead atoms. The standard InChI is InChI=1S/C30H38N2O7/c1-2-31-29(35)32-27(16-22-10-5-3-6-11-22)28(34)37-21-25-14-9-15-30(38-25)18-24(33)17-26(39-30)20-36-19-23-12-7-4-8-13-23/h3-8,10-13,25-27H,2,9,14-21H2,1H3,(H2,31,32,35)/t25-,26-,27+,30-/m1/s1. The molecule has 0 saturated carbocycles. The van der Waals surface area contributed by atoms with Crippen LogP contribution in [0.25, 0.3) is 0 Å². The number of nitrogens with one attached hydrogen (secondary N) is 2. The molecule has 4 rings (SSSR count). The molecule has 0 radical (unpaired) electrons. The molecular weight excluding hydrogens is 500 g/mol. The van der Waals surface area contributed by atoms with Crippen molar-refractivity contribution < 1.29 is 33.3 Å². The number of carbonyl (C=O) groups is 3. The molecule has 210 valence electrons. The Morgan fingerprint density at radius 3 is 2.41 bits per heavy atom. The van der Waals surface area contributed by atoms with Gasteiger partial charge in [-0.05, 0) is 30.9 Å². The Morgan fingerprint density at radius 1 is 1.00 bits per heavy atom. The summed E-state index contributed by atoms with van der Waals surface area (Å²) in [6.45, 7) is 2.98. The van der Waals surface area contributed by atoms with Gasteiger partial charge in [0.2, 0.25) is 0 Å². The van der Waals surface area contributed by atoms with E-state index in [9.17, 15) is 14.4 Å². The molecule has 2 fully saturated rings. The Labute approximate surface area is 229 Å².